The molecule has 0 saturated heterocycles. The molecule has 1 unspecified atom stereocenters. The first-order valence-electron chi connectivity index (χ1n) is 5.64. The van der Waals surface area contributed by atoms with Crippen molar-refractivity contribution in [2.24, 2.45) is 0 Å². The second-order valence-electron chi connectivity index (χ2n) is 3.67. The van der Waals surface area contributed by atoms with Crippen LogP contribution in [0.3, 0.4) is 0 Å². The van der Waals surface area contributed by atoms with E-state index in [1.807, 2.05) is 0 Å². The van der Waals surface area contributed by atoms with Crippen LogP contribution in [0.2, 0.25) is 0 Å². The smallest absolute Gasteiger partial charge is 0.0601 e. The summed E-state index contributed by atoms with van der Waals surface area (Å²) in [6, 6.07) is 0.588. The molecule has 0 aromatic heterocycles. The molecular weight excluding hydrogens is 172 g/mol. The molecule has 0 aliphatic heterocycles. The van der Waals surface area contributed by atoms with E-state index < -0.39 is 0 Å². The lowest BCUT2D eigenvalue weighted by Gasteiger charge is -2.26. The fraction of sp³-hybridized carbons (Fsp3) is 0.833. The summed E-state index contributed by atoms with van der Waals surface area (Å²) in [6.07, 6.45) is 7.69. The second kappa shape index (κ2) is 9.05. The van der Waals surface area contributed by atoms with Gasteiger partial charge in [0.2, 0.25) is 0 Å². The van der Waals surface area contributed by atoms with Crippen molar-refractivity contribution in [3.8, 4) is 12.3 Å². The molecule has 0 spiro atoms. The van der Waals surface area contributed by atoms with Crippen LogP contribution in [-0.2, 0) is 0 Å². The van der Waals surface area contributed by atoms with E-state index in [4.69, 9.17) is 6.42 Å². The molecule has 1 N–H and O–H groups in total. The Morgan fingerprint density at radius 3 is 2.64 bits per heavy atom. The molecule has 0 saturated carbocycles. The standard InChI is InChI=1S/C12H24N2/c1-5-10-14(11-6-2)12(4)8-9-13-7-3/h1,12-13H,6-11H2,2-4H3. The Kier molecular flexibility index (Phi) is 8.72. The zero-order chi connectivity index (χ0) is 10.8. The molecule has 0 radical (unpaired) electrons. The highest BCUT2D eigenvalue weighted by Gasteiger charge is 2.10. The molecule has 1 atom stereocenters. The topological polar surface area (TPSA) is 15.3 Å². The monoisotopic (exact) mass is 196 g/mol. The maximum Gasteiger partial charge on any atom is 0.0601 e. The van der Waals surface area contributed by atoms with E-state index in [0.29, 0.717) is 6.04 Å². The van der Waals surface area contributed by atoms with Crippen LogP contribution in [0.1, 0.15) is 33.6 Å². The van der Waals surface area contributed by atoms with E-state index in [1.165, 1.54) is 12.8 Å². The molecule has 2 nitrogen and oxygen atoms in total. The van der Waals surface area contributed by atoms with Crippen LogP contribution in [0.25, 0.3) is 0 Å². The molecule has 0 aromatic rings. The summed E-state index contributed by atoms with van der Waals surface area (Å²) in [4.78, 5) is 2.37. The molecule has 0 bridgehead atoms. The highest BCUT2D eigenvalue weighted by Crippen LogP contribution is 2.03. The van der Waals surface area contributed by atoms with Crippen molar-refractivity contribution in [1.82, 2.24) is 10.2 Å². The van der Waals surface area contributed by atoms with Gasteiger partial charge in [-0.25, -0.2) is 0 Å². The Bertz CT molecular complexity index is 160. The van der Waals surface area contributed by atoms with Gasteiger partial charge in [-0.2, -0.15) is 0 Å². The molecule has 82 valence electrons. The van der Waals surface area contributed by atoms with E-state index in [0.717, 1.165) is 26.2 Å². The summed E-state index contributed by atoms with van der Waals surface area (Å²) < 4.78 is 0. The first-order chi connectivity index (χ1) is 6.76. The fourth-order valence-electron chi connectivity index (χ4n) is 1.53. The number of hydrogen-bond donors (Lipinski definition) is 1. The van der Waals surface area contributed by atoms with Crippen LogP contribution in [0, 0.1) is 12.3 Å². The van der Waals surface area contributed by atoms with Gasteiger partial charge in [0.05, 0.1) is 6.54 Å². The number of rotatable bonds is 8. The van der Waals surface area contributed by atoms with Gasteiger partial charge in [-0.3, -0.25) is 4.90 Å². The molecule has 0 heterocycles. The number of nitrogens with one attached hydrogen (secondary N) is 1. The first kappa shape index (κ1) is 13.5. The van der Waals surface area contributed by atoms with Crippen LogP contribution >= 0.6 is 0 Å². The van der Waals surface area contributed by atoms with Crippen LogP contribution in [0.15, 0.2) is 0 Å². The van der Waals surface area contributed by atoms with Gasteiger partial charge in [-0.1, -0.05) is 19.8 Å². The summed E-state index contributed by atoms with van der Waals surface area (Å²) >= 11 is 0. The molecule has 14 heavy (non-hydrogen) atoms. The van der Waals surface area contributed by atoms with Gasteiger partial charge in [-0.15, -0.1) is 6.42 Å². The summed E-state index contributed by atoms with van der Waals surface area (Å²) in [6.45, 7) is 10.6. The van der Waals surface area contributed by atoms with Gasteiger partial charge in [-0.05, 0) is 39.4 Å². The second-order valence-corrected chi connectivity index (χ2v) is 3.67. The molecular formula is C12H24N2. The van der Waals surface area contributed by atoms with Crippen LogP contribution in [-0.4, -0.2) is 37.1 Å². The molecule has 0 amide bonds. The minimum Gasteiger partial charge on any atom is -0.317 e. The van der Waals surface area contributed by atoms with Crippen molar-refractivity contribution in [2.75, 3.05) is 26.2 Å². The lowest BCUT2D eigenvalue weighted by molar-refractivity contribution is 0.224. The molecule has 0 aliphatic rings. The van der Waals surface area contributed by atoms with Crippen LogP contribution in [0.4, 0.5) is 0 Å². The van der Waals surface area contributed by atoms with E-state index in [-0.39, 0.29) is 0 Å². The third kappa shape index (κ3) is 6.01. The third-order valence-corrected chi connectivity index (χ3v) is 2.42. The zero-order valence-electron chi connectivity index (χ0n) is 9.84. The van der Waals surface area contributed by atoms with Gasteiger partial charge >= 0.3 is 0 Å². The predicted octanol–water partition coefficient (Wildman–Crippen LogP) is 1.72. The van der Waals surface area contributed by atoms with E-state index in [2.05, 4.69) is 36.9 Å². The Labute approximate surface area is 89.1 Å². The number of nitrogens with zero attached hydrogens (tertiary/aromatic N) is 1. The van der Waals surface area contributed by atoms with Crippen LogP contribution in [0.5, 0.6) is 0 Å². The predicted molar refractivity (Wildman–Crippen MR) is 63.3 cm³/mol. The molecule has 0 fully saturated rings. The summed E-state index contributed by atoms with van der Waals surface area (Å²) in [7, 11) is 0. The van der Waals surface area contributed by atoms with Gasteiger partial charge < -0.3 is 5.32 Å². The van der Waals surface area contributed by atoms with E-state index >= 15 is 0 Å². The minimum absolute atomic E-state index is 0.588. The fourth-order valence-corrected chi connectivity index (χ4v) is 1.53. The lowest BCUT2D eigenvalue weighted by Crippen LogP contribution is -2.36. The van der Waals surface area contributed by atoms with Gasteiger partial charge in [0.1, 0.15) is 0 Å². The SMILES string of the molecule is C#CCN(CCC)C(C)CCNCC. The summed E-state index contributed by atoms with van der Waals surface area (Å²) in [5, 5.41) is 3.34. The van der Waals surface area contributed by atoms with Gasteiger partial charge in [0, 0.05) is 6.04 Å². The van der Waals surface area contributed by atoms with Crippen LogP contribution < -0.4 is 5.32 Å². The highest BCUT2D eigenvalue weighted by molar-refractivity contribution is 4.89. The highest BCUT2D eigenvalue weighted by atomic mass is 15.1. The maximum atomic E-state index is 5.35. The van der Waals surface area contributed by atoms with E-state index in [1.54, 1.807) is 0 Å². The largest absolute Gasteiger partial charge is 0.317 e. The number of hydrogen-bond acceptors (Lipinski definition) is 2. The number of terminal acetylenes is 1. The Hall–Kier alpha value is -0.520. The first-order valence-corrected chi connectivity index (χ1v) is 5.64. The summed E-state index contributed by atoms with van der Waals surface area (Å²) in [5.74, 6) is 2.73. The summed E-state index contributed by atoms with van der Waals surface area (Å²) in [5.41, 5.74) is 0. The van der Waals surface area contributed by atoms with Crippen molar-refractivity contribution in [3.63, 3.8) is 0 Å². The molecule has 0 aliphatic carbocycles. The van der Waals surface area contributed by atoms with E-state index in [9.17, 15) is 0 Å². The molecule has 2 heteroatoms. The molecule has 0 rings (SSSR count). The van der Waals surface area contributed by atoms with Crippen molar-refractivity contribution in [2.45, 2.75) is 39.7 Å². The van der Waals surface area contributed by atoms with Crippen molar-refractivity contribution in [3.05, 3.63) is 0 Å². The quantitative estimate of drug-likeness (QED) is 0.470. The Morgan fingerprint density at radius 1 is 1.43 bits per heavy atom. The Balaban J connectivity index is 3.76. The lowest BCUT2D eigenvalue weighted by atomic mass is 10.2. The normalized spacial score (nSPS) is 12.8. The third-order valence-electron chi connectivity index (χ3n) is 2.42. The zero-order valence-corrected chi connectivity index (χ0v) is 9.84. The minimum atomic E-state index is 0.588. The maximum absolute atomic E-state index is 5.35. The molecule has 0 aromatic carbocycles. The van der Waals surface area contributed by atoms with Crippen molar-refractivity contribution < 1.29 is 0 Å². The van der Waals surface area contributed by atoms with Gasteiger partial charge in [0.25, 0.3) is 0 Å². The Morgan fingerprint density at radius 2 is 2.14 bits per heavy atom. The van der Waals surface area contributed by atoms with Crippen molar-refractivity contribution >= 4 is 0 Å². The average molecular weight is 196 g/mol. The average Bonchev–Trinajstić information content (AvgIpc) is 2.18. The van der Waals surface area contributed by atoms with Gasteiger partial charge in [0.15, 0.2) is 0 Å². The van der Waals surface area contributed by atoms with Crippen molar-refractivity contribution in [1.29, 1.82) is 0 Å².